The highest BCUT2D eigenvalue weighted by Gasteiger charge is 2.39. The van der Waals surface area contributed by atoms with Crippen molar-refractivity contribution in [2.75, 3.05) is 13.2 Å². The van der Waals surface area contributed by atoms with E-state index in [1.165, 1.54) is 0 Å². The van der Waals surface area contributed by atoms with Gasteiger partial charge in [0.25, 0.3) is 0 Å². The summed E-state index contributed by atoms with van der Waals surface area (Å²) >= 11 is 0. The molecule has 0 radical (unpaired) electrons. The van der Waals surface area contributed by atoms with E-state index < -0.39 is 5.54 Å². The van der Waals surface area contributed by atoms with Crippen LogP contribution in [0.4, 0.5) is 0 Å². The van der Waals surface area contributed by atoms with Gasteiger partial charge in [0, 0.05) is 5.41 Å². The number of rotatable bonds is 6. The Kier molecular flexibility index (Phi) is 5.00. The first-order valence-electron chi connectivity index (χ1n) is 10.6. The van der Waals surface area contributed by atoms with Gasteiger partial charge in [-0.05, 0) is 22.8 Å². The maximum absolute atomic E-state index is 5.36. The second-order valence-electron chi connectivity index (χ2n) is 8.34. The molecule has 154 valence electrons. The number of benzene rings is 3. The Labute approximate surface area is 182 Å². The molecule has 5 rings (SSSR count). The zero-order chi connectivity index (χ0) is 21.2. The monoisotopic (exact) mass is 407 g/mol. The zero-order valence-electron chi connectivity index (χ0n) is 17.6. The van der Waals surface area contributed by atoms with E-state index in [0.717, 1.165) is 29.9 Å². The van der Waals surface area contributed by atoms with Crippen LogP contribution in [0.5, 0.6) is 0 Å². The second kappa shape index (κ2) is 7.97. The van der Waals surface area contributed by atoms with Crippen LogP contribution in [0.25, 0.3) is 6.08 Å². The van der Waals surface area contributed by atoms with Gasteiger partial charge < -0.3 is 4.74 Å². The number of aromatic nitrogens is 3. The van der Waals surface area contributed by atoms with Crippen LogP contribution in [0.3, 0.4) is 0 Å². The normalized spacial score (nSPS) is 15.6. The first-order valence-corrected chi connectivity index (χ1v) is 10.6. The van der Waals surface area contributed by atoms with Gasteiger partial charge in [-0.1, -0.05) is 104 Å². The average molecular weight is 408 g/mol. The quantitative estimate of drug-likeness (QED) is 0.414. The maximum atomic E-state index is 5.36. The molecule has 0 atom stereocenters. The van der Waals surface area contributed by atoms with Crippen molar-refractivity contribution in [1.29, 1.82) is 0 Å². The van der Waals surface area contributed by atoms with Crippen LogP contribution in [-0.4, -0.2) is 28.0 Å². The smallest absolute Gasteiger partial charge is 0.173 e. The minimum absolute atomic E-state index is 0.0703. The summed E-state index contributed by atoms with van der Waals surface area (Å²) in [7, 11) is 0. The molecule has 0 N–H and O–H groups in total. The summed E-state index contributed by atoms with van der Waals surface area (Å²) in [5.74, 6) is 0.695. The lowest BCUT2D eigenvalue weighted by atomic mass is 9.77. The molecule has 0 bridgehead atoms. The van der Waals surface area contributed by atoms with Crippen LogP contribution >= 0.6 is 0 Å². The summed E-state index contributed by atoms with van der Waals surface area (Å²) in [4.78, 5) is 4.64. The summed E-state index contributed by atoms with van der Waals surface area (Å²) in [5.41, 5.74) is 2.83. The molecule has 1 fully saturated rings. The lowest BCUT2D eigenvalue weighted by molar-refractivity contribution is -0.0703. The van der Waals surface area contributed by atoms with Crippen LogP contribution < -0.4 is 0 Å². The fraction of sp³-hybridized carbons (Fsp3) is 0.185. The molecule has 4 nitrogen and oxygen atoms in total. The van der Waals surface area contributed by atoms with Crippen LogP contribution in [0.1, 0.15) is 29.4 Å². The molecular formula is C27H25N3O. The molecule has 1 aliphatic heterocycles. The van der Waals surface area contributed by atoms with Gasteiger partial charge in [0.15, 0.2) is 5.82 Å². The molecule has 4 heteroatoms. The zero-order valence-corrected chi connectivity index (χ0v) is 17.6. The minimum Gasteiger partial charge on any atom is -0.379 e. The van der Waals surface area contributed by atoms with Gasteiger partial charge in [0.05, 0.1) is 13.2 Å². The van der Waals surface area contributed by atoms with Gasteiger partial charge in [-0.25, -0.2) is 9.67 Å². The predicted molar refractivity (Wildman–Crippen MR) is 123 cm³/mol. The van der Waals surface area contributed by atoms with Crippen molar-refractivity contribution in [1.82, 2.24) is 14.8 Å². The molecule has 2 heterocycles. The van der Waals surface area contributed by atoms with Crippen LogP contribution in [0.15, 0.2) is 103 Å². The summed E-state index contributed by atoms with van der Waals surface area (Å²) in [6.07, 6.45) is 6.00. The highest BCUT2D eigenvalue weighted by molar-refractivity contribution is 5.50. The maximum Gasteiger partial charge on any atom is 0.173 e. The fourth-order valence-corrected chi connectivity index (χ4v) is 4.24. The summed E-state index contributed by atoms with van der Waals surface area (Å²) in [6.45, 7) is 3.67. The fourth-order valence-electron chi connectivity index (χ4n) is 4.24. The van der Waals surface area contributed by atoms with Crippen molar-refractivity contribution in [3.8, 4) is 0 Å². The number of nitrogens with zero attached hydrogens (tertiary/aromatic N) is 3. The van der Waals surface area contributed by atoms with Crippen molar-refractivity contribution < 1.29 is 4.74 Å². The van der Waals surface area contributed by atoms with Gasteiger partial charge in [-0.3, -0.25) is 0 Å². The Balaban J connectivity index is 1.71. The second-order valence-corrected chi connectivity index (χ2v) is 8.34. The van der Waals surface area contributed by atoms with E-state index >= 15 is 0 Å². The molecule has 0 unspecified atom stereocenters. The van der Waals surface area contributed by atoms with Gasteiger partial charge in [-0.15, -0.1) is 0 Å². The number of ether oxygens (including phenoxy) is 1. The van der Waals surface area contributed by atoms with E-state index in [0.29, 0.717) is 5.82 Å². The standard InChI is InChI=1S/C27H25N3O/c1-26(19-31-20-26)18-17-25-28-21-30(29-25)27(22-11-5-2-6-12-22,23-13-7-3-8-14-23)24-15-9-4-10-16-24/h2-18,21H,19-20H2,1H3. The molecule has 0 saturated carbocycles. The van der Waals surface area contributed by atoms with Crippen molar-refractivity contribution >= 4 is 6.08 Å². The molecule has 0 spiro atoms. The number of hydrogen-bond donors (Lipinski definition) is 0. The molecule has 31 heavy (non-hydrogen) atoms. The first-order chi connectivity index (χ1) is 15.2. The van der Waals surface area contributed by atoms with E-state index in [9.17, 15) is 0 Å². The first kappa shape index (κ1) is 19.5. The molecular weight excluding hydrogens is 382 g/mol. The molecule has 1 aliphatic rings. The van der Waals surface area contributed by atoms with E-state index in [1.54, 1.807) is 0 Å². The third-order valence-electron chi connectivity index (χ3n) is 5.93. The highest BCUT2D eigenvalue weighted by atomic mass is 16.5. The summed E-state index contributed by atoms with van der Waals surface area (Å²) in [6, 6.07) is 31.5. The molecule has 3 aromatic carbocycles. The Morgan fingerprint density at radius 1 is 0.806 bits per heavy atom. The average Bonchev–Trinajstić information content (AvgIpc) is 3.28. The van der Waals surface area contributed by atoms with Crippen molar-refractivity contribution in [3.63, 3.8) is 0 Å². The Bertz CT molecular complexity index is 1070. The van der Waals surface area contributed by atoms with Crippen LogP contribution in [-0.2, 0) is 10.3 Å². The van der Waals surface area contributed by atoms with Crippen LogP contribution in [0, 0.1) is 5.41 Å². The highest BCUT2D eigenvalue weighted by Crippen LogP contribution is 2.40. The van der Waals surface area contributed by atoms with Crippen molar-refractivity contribution in [2.45, 2.75) is 12.5 Å². The van der Waals surface area contributed by atoms with E-state index in [4.69, 9.17) is 9.84 Å². The van der Waals surface area contributed by atoms with Crippen molar-refractivity contribution in [3.05, 3.63) is 126 Å². The minimum atomic E-state index is -0.633. The molecule has 4 aromatic rings. The molecule has 0 aliphatic carbocycles. The van der Waals surface area contributed by atoms with E-state index in [-0.39, 0.29) is 5.41 Å². The van der Waals surface area contributed by atoms with Gasteiger partial charge >= 0.3 is 0 Å². The van der Waals surface area contributed by atoms with E-state index in [2.05, 4.69) is 90.8 Å². The van der Waals surface area contributed by atoms with E-state index in [1.807, 2.05) is 35.3 Å². The Hall–Kier alpha value is -3.50. The number of hydrogen-bond acceptors (Lipinski definition) is 3. The Morgan fingerprint density at radius 3 is 1.71 bits per heavy atom. The Morgan fingerprint density at radius 2 is 1.29 bits per heavy atom. The summed E-state index contributed by atoms with van der Waals surface area (Å²) < 4.78 is 7.35. The third-order valence-corrected chi connectivity index (χ3v) is 5.93. The summed E-state index contributed by atoms with van der Waals surface area (Å²) in [5, 5.41) is 4.95. The van der Waals surface area contributed by atoms with Crippen LogP contribution in [0.2, 0.25) is 0 Å². The SMILES string of the molecule is CC1(C=Cc2ncn(C(c3ccccc3)(c3ccccc3)c3ccccc3)n2)COC1. The molecule has 1 saturated heterocycles. The largest absolute Gasteiger partial charge is 0.379 e. The van der Waals surface area contributed by atoms with Crippen molar-refractivity contribution in [2.24, 2.45) is 5.41 Å². The van der Waals surface area contributed by atoms with Gasteiger partial charge in [0.2, 0.25) is 0 Å². The predicted octanol–water partition coefficient (Wildman–Crippen LogP) is 5.17. The molecule has 1 aromatic heterocycles. The topological polar surface area (TPSA) is 39.9 Å². The third kappa shape index (κ3) is 3.49. The lowest BCUT2D eigenvalue weighted by Gasteiger charge is -2.36. The molecule has 0 amide bonds. The van der Waals surface area contributed by atoms with Gasteiger partial charge in [-0.2, -0.15) is 5.10 Å². The lowest BCUT2D eigenvalue weighted by Crippen LogP contribution is -2.38. The van der Waals surface area contributed by atoms with Gasteiger partial charge in [0.1, 0.15) is 11.9 Å².